The number of aromatic nitrogens is 4. The summed E-state index contributed by atoms with van der Waals surface area (Å²) in [6.45, 7) is 4.70. The maximum absolute atomic E-state index is 5.52. The van der Waals surface area contributed by atoms with Crippen LogP contribution >= 0.6 is 0 Å². The average molecular weight is 261 g/mol. The zero-order chi connectivity index (χ0) is 13.7. The molecule has 2 aromatic rings. The SMILES string of the molecule is CC(C)Oc1ccnc(NCCc2cnn(C)c2)n1. The van der Waals surface area contributed by atoms with Gasteiger partial charge in [0.15, 0.2) is 0 Å². The number of hydrogen-bond acceptors (Lipinski definition) is 5. The maximum atomic E-state index is 5.52. The summed E-state index contributed by atoms with van der Waals surface area (Å²) < 4.78 is 7.31. The predicted octanol–water partition coefficient (Wildman–Crippen LogP) is 1.65. The third kappa shape index (κ3) is 4.24. The second-order valence-electron chi connectivity index (χ2n) is 4.58. The van der Waals surface area contributed by atoms with Gasteiger partial charge in [-0.25, -0.2) is 4.98 Å². The van der Waals surface area contributed by atoms with Crippen LogP contribution in [0.15, 0.2) is 24.7 Å². The zero-order valence-corrected chi connectivity index (χ0v) is 11.5. The van der Waals surface area contributed by atoms with Crippen molar-refractivity contribution in [1.82, 2.24) is 19.7 Å². The first-order valence-electron chi connectivity index (χ1n) is 6.34. The number of nitrogens with zero attached hydrogens (tertiary/aromatic N) is 4. The molecular formula is C13H19N5O. The normalized spacial score (nSPS) is 10.7. The van der Waals surface area contributed by atoms with Gasteiger partial charge in [-0.1, -0.05) is 0 Å². The molecule has 19 heavy (non-hydrogen) atoms. The first kappa shape index (κ1) is 13.3. The highest BCUT2D eigenvalue weighted by atomic mass is 16.5. The van der Waals surface area contributed by atoms with E-state index in [4.69, 9.17) is 4.74 Å². The lowest BCUT2D eigenvalue weighted by molar-refractivity contribution is 0.232. The smallest absolute Gasteiger partial charge is 0.225 e. The molecule has 0 aliphatic heterocycles. The van der Waals surface area contributed by atoms with Crippen molar-refractivity contribution in [3.05, 3.63) is 30.2 Å². The number of hydrogen-bond donors (Lipinski definition) is 1. The standard InChI is InChI=1S/C13H19N5O/c1-10(2)19-12-5-7-15-13(17-12)14-6-4-11-8-16-18(3)9-11/h5,7-10H,4,6H2,1-3H3,(H,14,15,17). The molecule has 0 fully saturated rings. The molecule has 0 amide bonds. The van der Waals surface area contributed by atoms with Gasteiger partial charge in [0, 0.05) is 32.1 Å². The van der Waals surface area contributed by atoms with E-state index in [9.17, 15) is 0 Å². The number of rotatable bonds is 6. The summed E-state index contributed by atoms with van der Waals surface area (Å²) in [4.78, 5) is 8.44. The Balaban J connectivity index is 1.85. The van der Waals surface area contributed by atoms with Crippen molar-refractivity contribution in [2.24, 2.45) is 7.05 Å². The quantitative estimate of drug-likeness (QED) is 0.856. The van der Waals surface area contributed by atoms with Crippen molar-refractivity contribution in [3.63, 3.8) is 0 Å². The Hall–Kier alpha value is -2.11. The van der Waals surface area contributed by atoms with Crippen LogP contribution in [0.4, 0.5) is 5.95 Å². The highest BCUT2D eigenvalue weighted by molar-refractivity contribution is 5.27. The Morgan fingerprint density at radius 3 is 2.95 bits per heavy atom. The Kier molecular flexibility index (Phi) is 4.33. The lowest BCUT2D eigenvalue weighted by atomic mass is 10.2. The molecule has 6 heteroatoms. The fourth-order valence-electron chi connectivity index (χ4n) is 1.65. The fraction of sp³-hybridized carbons (Fsp3) is 0.462. The zero-order valence-electron chi connectivity index (χ0n) is 11.5. The largest absolute Gasteiger partial charge is 0.475 e. The van der Waals surface area contributed by atoms with Crippen LogP contribution in [0.1, 0.15) is 19.4 Å². The van der Waals surface area contributed by atoms with Gasteiger partial charge in [-0.2, -0.15) is 10.1 Å². The summed E-state index contributed by atoms with van der Waals surface area (Å²) in [7, 11) is 1.91. The highest BCUT2D eigenvalue weighted by Crippen LogP contribution is 2.10. The number of anilines is 1. The van der Waals surface area contributed by atoms with Crippen LogP contribution in [0.3, 0.4) is 0 Å². The average Bonchev–Trinajstić information content (AvgIpc) is 2.75. The molecule has 0 aromatic carbocycles. The van der Waals surface area contributed by atoms with E-state index in [0.717, 1.165) is 13.0 Å². The van der Waals surface area contributed by atoms with Gasteiger partial charge in [0.25, 0.3) is 0 Å². The van der Waals surface area contributed by atoms with Gasteiger partial charge in [-0.3, -0.25) is 4.68 Å². The Labute approximate surface area is 112 Å². The van der Waals surface area contributed by atoms with Gasteiger partial charge >= 0.3 is 0 Å². The van der Waals surface area contributed by atoms with Gasteiger partial charge in [-0.15, -0.1) is 0 Å². The number of ether oxygens (including phenoxy) is 1. The minimum absolute atomic E-state index is 0.109. The molecular weight excluding hydrogens is 242 g/mol. The van der Waals surface area contributed by atoms with Crippen LogP contribution in [0.2, 0.25) is 0 Å². The molecule has 0 atom stereocenters. The number of aryl methyl sites for hydroxylation is 1. The van der Waals surface area contributed by atoms with Gasteiger partial charge in [0.05, 0.1) is 12.3 Å². The molecule has 2 heterocycles. The van der Waals surface area contributed by atoms with Crippen LogP contribution in [-0.2, 0) is 13.5 Å². The Bertz CT molecular complexity index is 523. The summed E-state index contributed by atoms with van der Waals surface area (Å²) in [5, 5.41) is 7.30. The molecule has 2 rings (SSSR count). The van der Waals surface area contributed by atoms with Crippen molar-refractivity contribution < 1.29 is 4.74 Å². The van der Waals surface area contributed by atoms with Crippen LogP contribution in [0.25, 0.3) is 0 Å². The van der Waals surface area contributed by atoms with Crippen molar-refractivity contribution >= 4 is 5.95 Å². The predicted molar refractivity (Wildman–Crippen MR) is 73.2 cm³/mol. The maximum Gasteiger partial charge on any atom is 0.225 e. The molecule has 0 bridgehead atoms. The molecule has 0 saturated heterocycles. The molecule has 1 N–H and O–H groups in total. The topological polar surface area (TPSA) is 64.9 Å². The van der Waals surface area contributed by atoms with Gasteiger partial charge in [-0.05, 0) is 25.8 Å². The van der Waals surface area contributed by atoms with Crippen LogP contribution < -0.4 is 10.1 Å². The van der Waals surface area contributed by atoms with E-state index in [1.807, 2.05) is 33.3 Å². The Morgan fingerprint density at radius 1 is 1.42 bits per heavy atom. The van der Waals surface area contributed by atoms with Crippen molar-refractivity contribution in [2.45, 2.75) is 26.4 Å². The third-order valence-corrected chi connectivity index (χ3v) is 2.44. The van der Waals surface area contributed by atoms with Crippen LogP contribution in [-0.4, -0.2) is 32.4 Å². The second kappa shape index (κ2) is 6.17. The molecule has 102 valence electrons. The van der Waals surface area contributed by atoms with E-state index in [1.54, 1.807) is 16.9 Å². The summed E-state index contributed by atoms with van der Waals surface area (Å²) in [5.41, 5.74) is 1.18. The monoisotopic (exact) mass is 261 g/mol. The van der Waals surface area contributed by atoms with E-state index in [1.165, 1.54) is 5.56 Å². The Morgan fingerprint density at radius 2 is 2.26 bits per heavy atom. The lowest BCUT2D eigenvalue weighted by Crippen LogP contribution is -2.10. The third-order valence-electron chi connectivity index (χ3n) is 2.44. The fourth-order valence-corrected chi connectivity index (χ4v) is 1.65. The van der Waals surface area contributed by atoms with Gasteiger partial charge in [0.1, 0.15) is 0 Å². The van der Waals surface area contributed by atoms with Crippen molar-refractivity contribution in [3.8, 4) is 5.88 Å². The van der Waals surface area contributed by atoms with E-state index >= 15 is 0 Å². The highest BCUT2D eigenvalue weighted by Gasteiger charge is 2.02. The van der Waals surface area contributed by atoms with Crippen LogP contribution in [0.5, 0.6) is 5.88 Å². The first-order valence-corrected chi connectivity index (χ1v) is 6.34. The second-order valence-corrected chi connectivity index (χ2v) is 4.58. The molecule has 6 nitrogen and oxygen atoms in total. The molecule has 0 aliphatic carbocycles. The number of nitrogens with one attached hydrogen (secondary N) is 1. The molecule has 0 aliphatic rings. The van der Waals surface area contributed by atoms with E-state index in [0.29, 0.717) is 11.8 Å². The molecule has 2 aromatic heterocycles. The van der Waals surface area contributed by atoms with Crippen molar-refractivity contribution in [2.75, 3.05) is 11.9 Å². The summed E-state index contributed by atoms with van der Waals surface area (Å²) in [6.07, 6.45) is 6.55. The summed E-state index contributed by atoms with van der Waals surface area (Å²) >= 11 is 0. The summed E-state index contributed by atoms with van der Waals surface area (Å²) in [6, 6.07) is 1.76. The lowest BCUT2D eigenvalue weighted by Gasteiger charge is -2.09. The van der Waals surface area contributed by atoms with E-state index in [2.05, 4.69) is 20.4 Å². The minimum Gasteiger partial charge on any atom is -0.475 e. The van der Waals surface area contributed by atoms with E-state index in [-0.39, 0.29) is 6.10 Å². The molecule has 0 saturated carbocycles. The first-order chi connectivity index (χ1) is 9.13. The molecule has 0 unspecified atom stereocenters. The van der Waals surface area contributed by atoms with Gasteiger partial charge in [0.2, 0.25) is 11.8 Å². The van der Waals surface area contributed by atoms with Crippen LogP contribution in [0, 0.1) is 0 Å². The van der Waals surface area contributed by atoms with Crippen molar-refractivity contribution in [1.29, 1.82) is 0 Å². The molecule has 0 spiro atoms. The van der Waals surface area contributed by atoms with E-state index < -0.39 is 0 Å². The minimum atomic E-state index is 0.109. The molecule has 0 radical (unpaired) electrons. The summed E-state index contributed by atoms with van der Waals surface area (Å²) in [5.74, 6) is 1.18. The van der Waals surface area contributed by atoms with Gasteiger partial charge < -0.3 is 10.1 Å².